The van der Waals surface area contributed by atoms with E-state index in [0.717, 1.165) is 42.0 Å². The van der Waals surface area contributed by atoms with E-state index in [1.807, 2.05) is 31.2 Å². The van der Waals surface area contributed by atoms with Crippen LogP contribution in [0.4, 0.5) is 8.78 Å². The number of likely N-dealkylation sites (tertiary alicyclic amines) is 1. The van der Waals surface area contributed by atoms with Gasteiger partial charge in [0.05, 0.1) is 0 Å². The average Bonchev–Trinajstić information content (AvgIpc) is 3.40. The van der Waals surface area contributed by atoms with Crippen molar-refractivity contribution in [2.45, 2.75) is 45.8 Å². The molecule has 2 aliphatic heterocycles. The minimum Gasteiger partial charge on any atom is -0.508 e. The van der Waals surface area contributed by atoms with Crippen LogP contribution in [0.1, 0.15) is 56.4 Å². The van der Waals surface area contributed by atoms with Gasteiger partial charge in [0.2, 0.25) is 0 Å². The molecule has 1 saturated heterocycles. The van der Waals surface area contributed by atoms with Gasteiger partial charge in [-0.25, -0.2) is 4.39 Å². The van der Waals surface area contributed by atoms with Gasteiger partial charge in [0.15, 0.2) is 17.4 Å². The number of nitrogens with zero attached hydrogens (tertiary/aromatic N) is 1. The monoisotopic (exact) mass is 521 g/mol. The summed E-state index contributed by atoms with van der Waals surface area (Å²) >= 11 is 0. The summed E-state index contributed by atoms with van der Waals surface area (Å²) in [5.41, 5.74) is 3.01. The number of phenolic OH excluding ortho intramolecular Hbond substituents is 2. The molecule has 2 heterocycles. The minimum atomic E-state index is -1.30. The Morgan fingerprint density at radius 2 is 1.84 bits per heavy atom. The summed E-state index contributed by atoms with van der Waals surface area (Å²) in [6, 6.07) is 14.9. The van der Waals surface area contributed by atoms with E-state index in [-0.39, 0.29) is 5.75 Å². The quantitative estimate of drug-likeness (QED) is 0.353. The molecule has 7 heteroatoms. The minimum absolute atomic E-state index is 0.0625. The number of phenols is 2. The zero-order chi connectivity index (χ0) is 27.0. The van der Waals surface area contributed by atoms with Crippen LogP contribution in [0.5, 0.6) is 23.0 Å². The molecule has 0 amide bonds. The normalized spacial score (nSPS) is 20.2. The standard InChI is InChI=1S/C31H33F2NO4/c1-4-20-11-12-34(16-20)18(2)17-37-24-8-5-21(6-9-24)31-29(22-13-26(32)30(33)27(36)14-22)19(3)25-15-23(35)7-10-28(25)38-31/h5-10,13-15,18,20,31,35-36H,4,11-12,16-17H2,1-3H3/t18-,20+,31?/m0/s1. The molecule has 0 bridgehead atoms. The lowest BCUT2D eigenvalue weighted by atomic mass is 9.86. The van der Waals surface area contributed by atoms with Gasteiger partial charge in [-0.3, -0.25) is 4.90 Å². The van der Waals surface area contributed by atoms with Crippen LogP contribution in [0.25, 0.3) is 11.1 Å². The summed E-state index contributed by atoms with van der Waals surface area (Å²) in [5.74, 6) is -1.10. The van der Waals surface area contributed by atoms with Crippen molar-refractivity contribution in [3.05, 3.63) is 82.9 Å². The summed E-state index contributed by atoms with van der Waals surface area (Å²) in [5, 5.41) is 20.0. The second kappa shape index (κ2) is 10.7. The predicted molar refractivity (Wildman–Crippen MR) is 143 cm³/mol. The number of benzene rings is 3. The van der Waals surface area contributed by atoms with Crippen molar-refractivity contribution in [2.24, 2.45) is 5.92 Å². The Labute approximate surface area is 221 Å². The molecule has 1 unspecified atom stereocenters. The molecule has 0 saturated carbocycles. The average molecular weight is 522 g/mol. The fourth-order valence-electron chi connectivity index (χ4n) is 5.43. The van der Waals surface area contributed by atoms with Crippen molar-refractivity contribution in [2.75, 3.05) is 19.7 Å². The van der Waals surface area contributed by atoms with Crippen LogP contribution in [0, 0.1) is 17.6 Å². The van der Waals surface area contributed by atoms with Crippen LogP contribution in [-0.2, 0) is 0 Å². The first-order valence-corrected chi connectivity index (χ1v) is 13.1. The lowest BCUT2D eigenvalue weighted by molar-refractivity contribution is 0.168. The number of halogens is 2. The van der Waals surface area contributed by atoms with E-state index in [1.165, 1.54) is 18.9 Å². The van der Waals surface area contributed by atoms with Crippen LogP contribution in [-0.4, -0.2) is 40.9 Å². The Morgan fingerprint density at radius 3 is 2.53 bits per heavy atom. The molecule has 38 heavy (non-hydrogen) atoms. The lowest BCUT2D eigenvalue weighted by Gasteiger charge is -2.31. The number of ether oxygens (including phenoxy) is 2. The van der Waals surface area contributed by atoms with Gasteiger partial charge in [0, 0.05) is 23.7 Å². The number of rotatable bonds is 7. The van der Waals surface area contributed by atoms with Crippen molar-refractivity contribution >= 4 is 11.1 Å². The van der Waals surface area contributed by atoms with Gasteiger partial charge in [-0.05, 0) is 91.9 Å². The molecule has 0 spiro atoms. The van der Waals surface area contributed by atoms with Gasteiger partial charge in [-0.15, -0.1) is 0 Å². The van der Waals surface area contributed by atoms with Crippen molar-refractivity contribution in [3.63, 3.8) is 0 Å². The molecule has 1 fully saturated rings. The summed E-state index contributed by atoms with van der Waals surface area (Å²) in [6.07, 6.45) is 1.80. The maximum absolute atomic E-state index is 14.3. The molecule has 2 aliphatic rings. The Kier molecular flexibility index (Phi) is 7.30. The van der Waals surface area contributed by atoms with Gasteiger partial charge < -0.3 is 19.7 Å². The highest BCUT2D eigenvalue weighted by Gasteiger charge is 2.31. The van der Waals surface area contributed by atoms with E-state index in [4.69, 9.17) is 9.47 Å². The topological polar surface area (TPSA) is 62.2 Å². The Hall–Kier alpha value is -3.58. The molecule has 200 valence electrons. The molecule has 0 aliphatic carbocycles. The lowest BCUT2D eigenvalue weighted by Crippen LogP contribution is -2.35. The van der Waals surface area contributed by atoms with E-state index in [0.29, 0.717) is 35.1 Å². The fourth-order valence-corrected chi connectivity index (χ4v) is 5.43. The summed E-state index contributed by atoms with van der Waals surface area (Å²) in [4.78, 5) is 2.48. The smallest absolute Gasteiger partial charge is 0.200 e. The van der Waals surface area contributed by atoms with Crippen molar-refractivity contribution in [3.8, 4) is 23.0 Å². The zero-order valence-corrected chi connectivity index (χ0v) is 21.9. The van der Waals surface area contributed by atoms with Crippen LogP contribution in [0.2, 0.25) is 0 Å². The van der Waals surface area contributed by atoms with Gasteiger partial charge in [0.1, 0.15) is 30.0 Å². The Balaban J connectivity index is 1.42. The molecular formula is C31H33F2NO4. The van der Waals surface area contributed by atoms with Crippen LogP contribution in [0.15, 0.2) is 54.6 Å². The van der Waals surface area contributed by atoms with E-state index in [2.05, 4.69) is 18.7 Å². The zero-order valence-electron chi connectivity index (χ0n) is 21.9. The highest BCUT2D eigenvalue weighted by atomic mass is 19.2. The first kappa shape index (κ1) is 26.0. The third-order valence-corrected chi connectivity index (χ3v) is 7.79. The largest absolute Gasteiger partial charge is 0.508 e. The fraction of sp³-hybridized carbons (Fsp3) is 0.355. The molecule has 5 nitrogen and oxygen atoms in total. The van der Waals surface area contributed by atoms with E-state index in [9.17, 15) is 19.0 Å². The van der Waals surface area contributed by atoms with E-state index in [1.54, 1.807) is 18.2 Å². The number of hydrogen-bond donors (Lipinski definition) is 2. The van der Waals surface area contributed by atoms with Gasteiger partial charge in [-0.1, -0.05) is 25.5 Å². The van der Waals surface area contributed by atoms with Crippen molar-refractivity contribution in [1.29, 1.82) is 0 Å². The van der Waals surface area contributed by atoms with Gasteiger partial charge in [0.25, 0.3) is 0 Å². The first-order chi connectivity index (χ1) is 18.2. The van der Waals surface area contributed by atoms with Crippen molar-refractivity contribution < 1.29 is 28.5 Å². The number of hydrogen-bond acceptors (Lipinski definition) is 5. The van der Waals surface area contributed by atoms with Crippen LogP contribution >= 0.6 is 0 Å². The molecule has 0 aromatic heterocycles. The third kappa shape index (κ3) is 5.07. The molecule has 5 rings (SSSR count). The second-order valence-electron chi connectivity index (χ2n) is 10.3. The van der Waals surface area contributed by atoms with E-state index >= 15 is 0 Å². The van der Waals surface area contributed by atoms with Crippen LogP contribution < -0.4 is 9.47 Å². The molecule has 3 aromatic rings. The Bertz CT molecular complexity index is 1330. The summed E-state index contributed by atoms with van der Waals surface area (Å²) in [6.45, 7) is 9.08. The Morgan fingerprint density at radius 1 is 1.08 bits per heavy atom. The SMILES string of the molecule is CC[C@@H]1CCN([C@@H](C)COc2ccc(C3Oc4ccc(O)cc4C(C)=C3c3cc(O)c(F)c(F)c3)cc2)C1. The molecular weight excluding hydrogens is 488 g/mol. The molecule has 2 N–H and O–H groups in total. The second-order valence-corrected chi connectivity index (χ2v) is 10.3. The van der Waals surface area contributed by atoms with Crippen molar-refractivity contribution in [1.82, 2.24) is 4.90 Å². The summed E-state index contributed by atoms with van der Waals surface area (Å²) in [7, 11) is 0. The maximum Gasteiger partial charge on any atom is 0.200 e. The van der Waals surface area contributed by atoms with Crippen LogP contribution in [0.3, 0.4) is 0 Å². The third-order valence-electron chi connectivity index (χ3n) is 7.79. The number of aromatic hydroxyl groups is 2. The maximum atomic E-state index is 14.3. The molecule has 3 atom stereocenters. The van der Waals surface area contributed by atoms with Gasteiger partial charge in [-0.2, -0.15) is 4.39 Å². The van der Waals surface area contributed by atoms with Gasteiger partial charge >= 0.3 is 0 Å². The molecule has 3 aromatic carbocycles. The number of fused-ring (bicyclic) bond motifs is 1. The first-order valence-electron chi connectivity index (χ1n) is 13.1. The van der Waals surface area contributed by atoms with E-state index < -0.39 is 23.5 Å². The highest BCUT2D eigenvalue weighted by molar-refractivity contribution is 5.96. The molecule has 0 radical (unpaired) electrons. The highest BCUT2D eigenvalue weighted by Crippen LogP contribution is 2.48. The summed E-state index contributed by atoms with van der Waals surface area (Å²) < 4.78 is 40.6. The number of allylic oxidation sites excluding steroid dienone is 1. The predicted octanol–water partition coefficient (Wildman–Crippen LogP) is 6.94.